The molecule has 0 aliphatic heterocycles. The summed E-state index contributed by atoms with van der Waals surface area (Å²) in [5.41, 5.74) is 0.654. The summed E-state index contributed by atoms with van der Waals surface area (Å²) in [4.78, 5) is 28.5. The van der Waals surface area contributed by atoms with Gasteiger partial charge in [0, 0.05) is 12.1 Å². The van der Waals surface area contributed by atoms with Crippen LogP contribution in [0.2, 0.25) is 0 Å². The van der Waals surface area contributed by atoms with Crippen molar-refractivity contribution in [2.75, 3.05) is 6.61 Å². The van der Waals surface area contributed by atoms with Gasteiger partial charge in [0.15, 0.2) is 0 Å². The van der Waals surface area contributed by atoms with Gasteiger partial charge in [-0.15, -0.1) is 13.2 Å². The van der Waals surface area contributed by atoms with Crippen molar-refractivity contribution >= 4 is 11.9 Å². The zero-order chi connectivity index (χ0) is 17.9. The minimum absolute atomic E-state index is 0.0455. The molecule has 130 valence electrons. The molecule has 24 heavy (non-hydrogen) atoms. The second-order valence-electron chi connectivity index (χ2n) is 5.80. The lowest BCUT2D eigenvalue weighted by molar-refractivity contribution is -0.149. The molecule has 3 unspecified atom stereocenters. The molecule has 0 aliphatic carbocycles. The largest absolute Gasteiger partial charge is 0.463 e. The number of allylic oxidation sites excluding steroid dienone is 2. The monoisotopic (exact) mass is 330 g/mol. The highest BCUT2D eigenvalue weighted by molar-refractivity contribution is 5.79. The lowest BCUT2D eigenvalue weighted by Gasteiger charge is -2.21. The van der Waals surface area contributed by atoms with Crippen LogP contribution in [-0.4, -0.2) is 23.5 Å². The van der Waals surface area contributed by atoms with Crippen molar-refractivity contribution in [1.29, 1.82) is 0 Å². The van der Waals surface area contributed by atoms with Gasteiger partial charge in [-0.2, -0.15) is 0 Å². The number of rotatable bonds is 10. The number of amides is 1. The number of pyridine rings is 1. The highest BCUT2D eigenvalue weighted by atomic mass is 16.5. The van der Waals surface area contributed by atoms with Crippen molar-refractivity contribution in [1.82, 2.24) is 10.3 Å². The summed E-state index contributed by atoms with van der Waals surface area (Å²) in [7, 11) is 0. The molecule has 1 heterocycles. The Bertz CT molecular complexity index is 557. The molecule has 1 rings (SSSR count). The second kappa shape index (κ2) is 10.4. The molecule has 1 N–H and O–H groups in total. The fraction of sp³-hybridized carbons (Fsp3) is 0.421. The molecule has 0 spiro atoms. The molecule has 1 aromatic rings. The third-order valence-electron chi connectivity index (χ3n) is 3.64. The van der Waals surface area contributed by atoms with Gasteiger partial charge in [0.2, 0.25) is 5.91 Å². The molecule has 0 radical (unpaired) electrons. The number of hydrogen-bond acceptors (Lipinski definition) is 4. The fourth-order valence-corrected chi connectivity index (χ4v) is 2.11. The Labute approximate surface area is 143 Å². The summed E-state index contributed by atoms with van der Waals surface area (Å²) < 4.78 is 5.35. The van der Waals surface area contributed by atoms with Crippen LogP contribution < -0.4 is 5.32 Å². The predicted molar refractivity (Wildman–Crippen MR) is 94.0 cm³/mol. The van der Waals surface area contributed by atoms with Crippen LogP contribution in [0.25, 0.3) is 0 Å². The van der Waals surface area contributed by atoms with Crippen molar-refractivity contribution in [2.45, 2.75) is 32.7 Å². The van der Waals surface area contributed by atoms with E-state index in [1.807, 2.05) is 13.0 Å². The van der Waals surface area contributed by atoms with E-state index in [-0.39, 0.29) is 30.3 Å². The van der Waals surface area contributed by atoms with Crippen molar-refractivity contribution in [3.63, 3.8) is 0 Å². The van der Waals surface area contributed by atoms with E-state index < -0.39 is 6.04 Å². The Kier molecular flexibility index (Phi) is 8.47. The van der Waals surface area contributed by atoms with Gasteiger partial charge in [0.1, 0.15) is 12.6 Å². The van der Waals surface area contributed by atoms with Gasteiger partial charge < -0.3 is 10.1 Å². The van der Waals surface area contributed by atoms with E-state index in [1.54, 1.807) is 37.4 Å². The highest BCUT2D eigenvalue weighted by Crippen LogP contribution is 2.14. The van der Waals surface area contributed by atoms with Gasteiger partial charge in [-0.25, -0.2) is 0 Å². The number of ether oxygens (including phenoxy) is 1. The minimum Gasteiger partial charge on any atom is -0.463 e. The van der Waals surface area contributed by atoms with Gasteiger partial charge in [-0.1, -0.05) is 32.1 Å². The van der Waals surface area contributed by atoms with Crippen molar-refractivity contribution in [2.24, 2.45) is 11.8 Å². The van der Waals surface area contributed by atoms with Crippen LogP contribution in [0.5, 0.6) is 0 Å². The maximum Gasteiger partial charge on any atom is 0.309 e. The smallest absolute Gasteiger partial charge is 0.309 e. The third-order valence-corrected chi connectivity index (χ3v) is 3.64. The first kappa shape index (κ1) is 19.6. The molecule has 0 aromatic carbocycles. The lowest BCUT2D eigenvalue weighted by Crippen LogP contribution is -2.36. The highest BCUT2D eigenvalue weighted by Gasteiger charge is 2.22. The summed E-state index contributed by atoms with van der Waals surface area (Å²) >= 11 is 0. The molecule has 1 amide bonds. The molecule has 0 aliphatic rings. The first-order valence-corrected chi connectivity index (χ1v) is 8.09. The van der Waals surface area contributed by atoms with E-state index in [2.05, 4.69) is 23.5 Å². The van der Waals surface area contributed by atoms with E-state index in [9.17, 15) is 9.59 Å². The van der Waals surface area contributed by atoms with Crippen LogP contribution in [0.3, 0.4) is 0 Å². The summed E-state index contributed by atoms with van der Waals surface area (Å²) in [6.07, 6.45) is 6.16. The normalized spacial score (nSPS) is 14.1. The van der Waals surface area contributed by atoms with Crippen LogP contribution >= 0.6 is 0 Å². The second-order valence-corrected chi connectivity index (χ2v) is 5.80. The molecule has 1 aromatic heterocycles. The first-order valence-electron chi connectivity index (χ1n) is 8.09. The maximum atomic E-state index is 12.3. The summed E-state index contributed by atoms with van der Waals surface area (Å²) in [6.45, 7) is 10.9. The predicted octanol–water partition coefficient (Wildman–Crippen LogP) is 3.21. The zero-order valence-corrected chi connectivity index (χ0v) is 14.4. The lowest BCUT2D eigenvalue weighted by atomic mass is 10.1. The number of aromatic nitrogens is 1. The Morgan fingerprint density at radius 1 is 1.21 bits per heavy atom. The summed E-state index contributed by atoms with van der Waals surface area (Å²) in [5.74, 6) is -0.906. The minimum atomic E-state index is -0.481. The Morgan fingerprint density at radius 3 is 2.46 bits per heavy atom. The molecular formula is C19H26N2O3. The number of hydrogen-bond donors (Lipinski definition) is 1. The standard InChI is InChI=1S/C19H26N2O3/c1-5-9-14(3)18(22)21-17(16-11-7-8-12-20-16)13-24-19(23)15(4)10-6-2/h5-8,11-12,14-15,17H,1-2,9-10,13H2,3-4H3,(H,21,22). The molecule has 5 heteroatoms. The fourth-order valence-electron chi connectivity index (χ4n) is 2.11. The number of nitrogens with one attached hydrogen (secondary N) is 1. The Morgan fingerprint density at radius 2 is 1.88 bits per heavy atom. The quantitative estimate of drug-likeness (QED) is 0.528. The van der Waals surface area contributed by atoms with Gasteiger partial charge in [0.05, 0.1) is 11.6 Å². The Balaban J connectivity index is 2.76. The maximum absolute atomic E-state index is 12.3. The van der Waals surface area contributed by atoms with E-state index in [1.165, 1.54) is 0 Å². The van der Waals surface area contributed by atoms with Crippen molar-refractivity contribution in [3.05, 3.63) is 55.4 Å². The average Bonchev–Trinajstić information content (AvgIpc) is 2.59. The van der Waals surface area contributed by atoms with Gasteiger partial charge in [-0.3, -0.25) is 14.6 Å². The third kappa shape index (κ3) is 6.36. The molecular weight excluding hydrogens is 304 g/mol. The molecule has 0 bridgehead atoms. The van der Waals surface area contributed by atoms with E-state index in [0.29, 0.717) is 18.5 Å². The summed E-state index contributed by atoms with van der Waals surface area (Å²) in [6, 6.07) is 4.94. The Hall–Kier alpha value is -2.43. The van der Waals surface area contributed by atoms with Gasteiger partial charge in [-0.05, 0) is 25.0 Å². The van der Waals surface area contributed by atoms with Crippen LogP contribution in [0.1, 0.15) is 38.4 Å². The van der Waals surface area contributed by atoms with E-state index in [4.69, 9.17) is 4.74 Å². The molecule has 5 nitrogen and oxygen atoms in total. The van der Waals surface area contributed by atoms with Crippen molar-refractivity contribution in [3.8, 4) is 0 Å². The summed E-state index contributed by atoms with van der Waals surface area (Å²) in [5, 5.41) is 2.90. The van der Waals surface area contributed by atoms with Gasteiger partial charge in [0.25, 0.3) is 0 Å². The van der Waals surface area contributed by atoms with Crippen LogP contribution in [0.15, 0.2) is 49.7 Å². The molecule has 0 fully saturated rings. The van der Waals surface area contributed by atoms with Crippen LogP contribution in [0, 0.1) is 11.8 Å². The number of carbonyl (C=O) groups is 2. The first-order chi connectivity index (χ1) is 11.5. The van der Waals surface area contributed by atoms with Crippen molar-refractivity contribution < 1.29 is 14.3 Å². The zero-order valence-electron chi connectivity index (χ0n) is 14.4. The average molecular weight is 330 g/mol. The number of nitrogens with zero attached hydrogens (tertiary/aromatic N) is 1. The molecule has 0 saturated heterocycles. The van der Waals surface area contributed by atoms with E-state index in [0.717, 1.165) is 0 Å². The SMILES string of the molecule is C=CCC(C)C(=O)NC(COC(=O)C(C)CC=C)c1ccccn1. The number of esters is 1. The van der Waals surface area contributed by atoms with Crippen LogP contribution in [0.4, 0.5) is 0 Å². The molecule has 3 atom stereocenters. The molecule has 0 saturated carbocycles. The van der Waals surface area contributed by atoms with Crippen LogP contribution in [-0.2, 0) is 14.3 Å². The topological polar surface area (TPSA) is 68.3 Å². The van der Waals surface area contributed by atoms with E-state index >= 15 is 0 Å². The van der Waals surface area contributed by atoms with Gasteiger partial charge >= 0.3 is 5.97 Å². The number of carbonyl (C=O) groups excluding carboxylic acids is 2.